The zero-order chi connectivity index (χ0) is 14.1. The Morgan fingerprint density at radius 1 is 1.35 bits per heavy atom. The summed E-state index contributed by atoms with van der Waals surface area (Å²) in [6.45, 7) is 0. The number of fused-ring (bicyclic) bond motifs is 1. The van der Waals surface area contributed by atoms with Gasteiger partial charge in [-0.15, -0.1) is 11.3 Å². The lowest BCUT2D eigenvalue weighted by Crippen LogP contribution is -2.18. The smallest absolute Gasteiger partial charge is 0.271 e. The van der Waals surface area contributed by atoms with E-state index >= 15 is 0 Å². The lowest BCUT2D eigenvalue weighted by Gasteiger charge is -2.08. The standard InChI is InChI=1S/C14H11BrN2OS2/c1-17-13(18)12-11(6-7-19-12)16-14(17)20-8-9-4-2-3-5-10(9)15/h2-7H,8H2,1H3. The molecule has 3 aromatic rings. The topological polar surface area (TPSA) is 34.9 Å². The Morgan fingerprint density at radius 3 is 2.95 bits per heavy atom. The van der Waals surface area contributed by atoms with Crippen molar-refractivity contribution in [2.24, 2.45) is 7.05 Å². The van der Waals surface area contributed by atoms with E-state index in [2.05, 4.69) is 27.0 Å². The molecule has 0 aliphatic heterocycles. The molecule has 0 spiro atoms. The average Bonchev–Trinajstić information content (AvgIpc) is 2.91. The molecule has 0 atom stereocenters. The summed E-state index contributed by atoms with van der Waals surface area (Å²) in [6, 6.07) is 9.98. The number of benzene rings is 1. The first-order valence-corrected chi connectivity index (χ1v) is 8.63. The first kappa shape index (κ1) is 13.9. The van der Waals surface area contributed by atoms with Crippen LogP contribution < -0.4 is 5.56 Å². The Hall–Kier alpha value is -1.11. The summed E-state index contributed by atoms with van der Waals surface area (Å²) >= 11 is 6.55. The van der Waals surface area contributed by atoms with Gasteiger partial charge >= 0.3 is 0 Å². The molecular formula is C14H11BrN2OS2. The first-order valence-electron chi connectivity index (χ1n) is 5.97. The van der Waals surface area contributed by atoms with Crippen LogP contribution in [-0.4, -0.2) is 9.55 Å². The molecule has 3 rings (SSSR count). The molecule has 0 aliphatic carbocycles. The molecule has 0 radical (unpaired) electrons. The van der Waals surface area contributed by atoms with Crippen LogP contribution in [0.2, 0.25) is 0 Å². The highest BCUT2D eigenvalue weighted by atomic mass is 79.9. The van der Waals surface area contributed by atoms with Gasteiger partial charge in [0.15, 0.2) is 5.16 Å². The van der Waals surface area contributed by atoms with Crippen molar-refractivity contribution in [3.63, 3.8) is 0 Å². The van der Waals surface area contributed by atoms with Crippen LogP contribution >= 0.6 is 39.0 Å². The molecule has 2 aromatic heterocycles. The van der Waals surface area contributed by atoms with E-state index in [1.54, 1.807) is 23.4 Å². The largest absolute Gasteiger partial charge is 0.290 e. The van der Waals surface area contributed by atoms with Gasteiger partial charge in [-0.1, -0.05) is 45.9 Å². The number of hydrogen-bond donors (Lipinski definition) is 0. The van der Waals surface area contributed by atoms with E-state index in [0.29, 0.717) is 0 Å². The van der Waals surface area contributed by atoms with Crippen LogP contribution in [0.15, 0.2) is 50.1 Å². The van der Waals surface area contributed by atoms with Gasteiger partial charge in [-0.3, -0.25) is 9.36 Å². The van der Waals surface area contributed by atoms with Crippen molar-refractivity contribution in [1.82, 2.24) is 9.55 Å². The maximum Gasteiger partial charge on any atom is 0.271 e. The Bertz CT molecular complexity index is 825. The highest BCUT2D eigenvalue weighted by Crippen LogP contribution is 2.26. The Labute approximate surface area is 132 Å². The van der Waals surface area contributed by atoms with Crippen molar-refractivity contribution in [3.05, 3.63) is 56.1 Å². The monoisotopic (exact) mass is 366 g/mol. The maximum atomic E-state index is 12.2. The fourth-order valence-electron chi connectivity index (χ4n) is 1.85. The van der Waals surface area contributed by atoms with E-state index in [0.717, 1.165) is 25.6 Å². The minimum absolute atomic E-state index is 0.0274. The summed E-state index contributed by atoms with van der Waals surface area (Å²) in [5.41, 5.74) is 2.00. The predicted molar refractivity (Wildman–Crippen MR) is 88.6 cm³/mol. The number of aromatic nitrogens is 2. The van der Waals surface area contributed by atoms with Crippen LogP contribution in [0.4, 0.5) is 0 Å². The number of halogens is 1. The molecule has 0 N–H and O–H groups in total. The number of rotatable bonds is 3. The van der Waals surface area contributed by atoms with E-state index < -0.39 is 0 Å². The summed E-state index contributed by atoms with van der Waals surface area (Å²) in [5, 5.41) is 2.65. The van der Waals surface area contributed by atoms with Gasteiger partial charge in [0.2, 0.25) is 0 Å². The summed E-state index contributed by atoms with van der Waals surface area (Å²) in [4.78, 5) is 16.8. The van der Waals surface area contributed by atoms with Crippen LogP contribution in [0, 0.1) is 0 Å². The van der Waals surface area contributed by atoms with Crippen molar-refractivity contribution in [2.45, 2.75) is 10.9 Å². The molecule has 0 unspecified atom stereocenters. The molecule has 0 fully saturated rings. The minimum Gasteiger partial charge on any atom is -0.290 e. The van der Waals surface area contributed by atoms with Gasteiger partial charge in [-0.2, -0.15) is 0 Å². The van der Waals surface area contributed by atoms with E-state index in [1.165, 1.54) is 16.9 Å². The van der Waals surface area contributed by atoms with E-state index in [1.807, 2.05) is 29.6 Å². The third-order valence-electron chi connectivity index (χ3n) is 2.96. The third kappa shape index (κ3) is 2.55. The normalized spacial score (nSPS) is 11.1. The lowest BCUT2D eigenvalue weighted by atomic mass is 10.2. The second kappa shape index (κ2) is 5.71. The molecule has 0 amide bonds. The van der Waals surface area contributed by atoms with Gasteiger partial charge in [0.05, 0.1) is 5.52 Å². The molecule has 2 heterocycles. The Kier molecular flexibility index (Phi) is 3.96. The molecule has 3 nitrogen and oxygen atoms in total. The van der Waals surface area contributed by atoms with Crippen LogP contribution in [0.1, 0.15) is 5.56 Å². The zero-order valence-corrected chi connectivity index (χ0v) is 13.9. The van der Waals surface area contributed by atoms with Crippen LogP contribution in [0.25, 0.3) is 10.2 Å². The van der Waals surface area contributed by atoms with Crippen LogP contribution in [-0.2, 0) is 12.8 Å². The van der Waals surface area contributed by atoms with Gasteiger partial charge < -0.3 is 0 Å². The zero-order valence-electron chi connectivity index (χ0n) is 10.7. The van der Waals surface area contributed by atoms with Crippen molar-refractivity contribution in [1.29, 1.82) is 0 Å². The number of thiophene rings is 1. The molecule has 0 saturated carbocycles. The average molecular weight is 367 g/mol. The molecule has 0 saturated heterocycles. The highest BCUT2D eigenvalue weighted by molar-refractivity contribution is 9.10. The Morgan fingerprint density at radius 2 is 2.15 bits per heavy atom. The van der Waals surface area contributed by atoms with Crippen LogP contribution in [0.5, 0.6) is 0 Å². The van der Waals surface area contributed by atoms with E-state index in [4.69, 9.17) is 0 Å². The fraction of sp³-hybridized carbons (Fsp3) is 0.143. The number of thioether (sulfide) groups is 1. The second-order valence-electron chi connectivity index (χ2n) is 4.27. The van der Waals surface area contributed by atoms with E-state index in [-0.39, 0.29) is 5.56 Å². The van der Waals surface area contributed by atoms with E-state index in [9.17, 15) is 4.79 Å². The number of nitrogens with zero attached hydrogens (tertiary/aromatic N) is 2. The SMILES string of the molecule is Cn1c(SCc2ccccc2Br)nc2ccsc2c1=O. The van der Waals surface area contributed by atoms with Crippen molar-refractivity contribution in [2.75, 3.05) is 0 Å². The molecule has 0 aliphatic rings. The van der Waals surface area contributed by atoms with Gasteiger partial charge in [0.25, 0.3) is 5.56 Å². The molecule has 1 aromatic carbocycles. The Balaban J connectivity index is 1.93. The van der Waals surface area contributed by atoms with Gasteiger partial charge in [-0.05, 0) is 23.1 Å². The molecular weight excluding hydrogens is 356 g/mol. The molecule has 0 bridgehead atoms. The molecule has 102 valence electrons. The van der Waals surface area contributed by atoms with Gasteiger partial charge in [0.1, 0.15) is 4.70 Å². The summed E-state index contributed by atoms with van der Waals surface area (Å²) in [5.74, 6) is 0.775. The van der Waals surface area contributed by atoms with Crippen molar-refractivity contribution < 1.29 is 0 Å². The molecule has 6 heteroatoms. The predicted octanol–water partition coefficient (Wildman–Crippen LogP) is 4.05. The fourth-order valence-corrected chi connectivity index (χ4v) is 4.25. The third-order valence-corrected chi connectivity index (χ3v) is 5.70. The minimum atomic E-state index is 0.0274. The van der Waals surface area contributed by atoms with Crippen molar-refractivity contribution >= 4 is 49.2 Å². The number of hydrogen-bond acceptors (Lipinski definition) is 4. The highest BCUT2D eigenvalue weighted by Gasteiger charge is 2.10. The molecule has 20 heavy (non-hydrogen) atoms. The summed E-state index contributed by atoms with van der Waals surface area (Å²) in [6.07, 6.45) is 0. The quantitative estimate of drug-likeness (QED) is 0.518. The summed E-state index contributed by atoms with van der Waals surface area (Å²) in [7, 11) is 1.77. The van der Waals surface area contributed by atoms with Crippen molar-refractivity contribution in [3.8, 4) is 0 Å². The maximum absolute atomic E-state index is 12.2. The van der Waals surface area contributed by atoms with Gasteiger partial charge in [0, 0.05) is 17.3 Å². The first-order chi connectivity index (χ1) is 9.66. The van der Waals surface area contributed by atoms with Gasteiger partial charge in [-0.25, -0.2) is 4.98 Å². The summed E-state index contributed by atoms with van der Waals surface area (Å²) < 4.78 is 3.42. The lowest BCUT2D eigenvalue weighted by molar-refractivity contribution is 0.728. The van der Waals surface area contributed by atoms with Crippen LogP contribution in [0.3, 0.4) is 0 Å². The second-order valence-corrected chi connectivity index (χ2v) is 6.99.